The van der Waals surface area contributed by atoms with Crippen LogP contribution >= 0.6 is 0 Å². The molecule has 0 fully saturated rings. The van der Waals surface area contributed by atoms with E-state index in [9.17, 15) is 9.90 Å². The van der Waals surface area contributed by atoms with E-state index in [0.29, 0.717) is 5.69 Å². The van der Waals surface area contributed by atoms with Gasteiger partial charge in [0, 0.05) is 5.41 Å². The van der Waals surface area contributed by atoms with E-state index in [2.05, 4.69) is 5.32 Å². The van der Waals surface area contributed by atoms with Crippen molar-refractivity contribution in [3.8, 4) is 5.75 Å². The predicted molar refractivity (Wildman–Crippen MR) is 60.9 cm³/mol. The summed E-state index contributed by atoms with van der Waals surface area (Å²) >= 11 is 0. The molecule has 0 bridgehead atoms. The van der Waals surface area contributed by atoms with Crippen molar-refractivity contribution in [1.82, 2.24) is 0 Å². The highest BCUT2D eigenvalue weighted by Crippen LogP contribution is 2.28. The van der Waals surface area contributed by atoms with E-state index in [1.165, 1.54) is 0 Å². The SMILES string of the molecule is Cc1cccc(O)c1NC(=O)C(C)(C)C. The fourth-order valence-electron chi connectivity index (χ4n) is 1.12. The molecule has 0 atom stereocenters. The lowest BCUT2D eigenvalue weighted by Crippen LogP contribution is -2.27. The van der Waals surface area contributed by atoms with Crippen LogP contribution in [0.15, 0.2) is 18.2 Å². The molecule has 82 valence electrons. The van der Waals surface area contributed by atoms with E-state index >= 15 is 0 Å². The number of rotatable bonds is 1. The molecule has 1 aromatic carbocycles. The molecule has 15 heavy (non-hydrogen) atoms. The summed E-state index contributed by atoms with van der Waals surface area (Å²) in [5.41, 5.74) is 0.888. The fraction of sp³-hybridized carbons (Fsp3) is 0.417. The Hall–Kier alpha value is -1.51. The highest BCUT2D eigenvalue weighted by atomic mass is 16.3. The van der Waals surface area contributed by atoms with Crippen molar-refractivity contribution in [2.45, 2.75) is 27.7 Å². The second kappa shape index (κ2) is 3.93. The minimum Gasteiger partial charge on any atom is -0.506 e. The minimum atomic E-state index is -0.464. The molecule has 0 aliphatic heterocycles. The third kappa shape index (κ3) is 2.72. The van der Waals surface area contributed by atoms with Gasteiger partial charge in [-0.25, -0.2) is 0 Å². The molecule has 0 aliphatic rings. The first-order valence-electron chi connectivity index (χ1n) is 4.92. The van der Waals surface area contributed by atoms with Crippen molar-refractivity contribution in [2.75, 3.05) is 5.32 Å². The minimum absolute atomic E-state index is 0.104. The summed E-state index contributed by atoms with van der Waals surface area (Å²) in [5, 5.41) is 12.3. The van der Waals surface area contributed by atoms with Gasteiger partial charge in [0.25, 0.3) is 0 Å². The normalized spacial score (nSPS) is 11.2. The van der Waals surface area contributed by atoms with Crippen molar-refractivity contribution in [3.63, 3.8) is 0 Å². The van der Waals surface area contributed by atoms with E-state index in [4.69, 9.17) is 0 Å². The molecule has 0 saturated carbocycles. The lowest BCUT2D eigenvalue weighted by molar-refractivity contribution is -0.123. The molecule has 0 saturated heterocycles. The number of hydrogen-bond donors (Lipinski definition) is 2. The summed E-state index contributed by atoms with van der Waals surface area (Å²) in [5.74, 6) is -0.000278. The predicted octanol–water partition coefficient (Wildman–Crippen LogP) is 2.69. The average molecular weight is 207 g/mol. The first-order chi connectivity index (χ1) is 6.82. The first-order valence-corrected chi connectivity index (χ1v) is 4.92. The number of phenols is 1. The Morgan fingerprint density at radius 1 is 1.33 bits per heavy atom. The van der Waals surface area contributed by atoms with Crippen LogP contribution < -0.4 is 5.32 Å². The Morgan fingerprint density at radius 2 is 1.93 bits per heavy atom. The van der Waals surface area contributed by atoms with Crippen LogP contribution in [0.5, 0.6) is 5.75 Å². The van der Waals surface area contributed by atoms with Gasteiger partial charge in [-0.15, -0.1) is 0 Å². The van der Waals surface area contributed by atoms with Crippen LogP contribution in [0.2, 0.25) is 0 Å². The van der Waals surface area contributed by atoms with Gasteiger partial charge in [-0.05, 0) is 18.6 Å². The van der Waals surface area contributed by atoms with Crippen LogP contribution in [0.4, 0.5) is 5.69 Å². The molecule has 1 aromatic rings. The topological polar surface area (TPSA) is 49.3 Å². The number of anilines is 1. The zero-order valence-electron chi connectivity index (χ0n) is 9.59. The molecule has 1 amide bonds. The van der Waals surface area contributed by atoms with Crippen molar-refractivity contribution in [2.24, 2.45) is 5.41 Å². The Bertz CT molecular complexity index is 357. The van der Waals surface area contributed by atoms with E-state index in [-0.39, 0.29) is 11.7 Å². The van der Waals surface area contributed by atoms with E-state index in [1.54, 1.807) is 12.1 Å². The molecule has 3 heteroatoms. The lowest BCUT2D eigenvalue weighted by atomic mass is 9.95. The Labute approximate surface area is 90.1 Å². The van der Waals surface area contributed by atoms with Crippen molar-refractivity contribution < 1.29 is 9.90 Å². The first kappa shape index (κ1) is 11.6. The second-order valence-corrected chi connectivity index (χ2v) is 4.67. The number of hydrogen-bond acceptors (Lipinski definition) is 2. The van der Waals surface area contributed by atoms with Gasteiger partial charge in [0.05, 0.1) is 5.69 Å². The molecule has 0 radical (unpaired) electrons. The zero-order valence-corrected chi connectivity index (χ0v) is 9.59. The van der Waals surface area contributed by atoms with E-state index in [1.807, 2.05) is 33.8 Å². The number of phenolic OH excluding ortho intramolecular Hbond substituents is 1. The molecule has 0 aromatic heterocycles. The molecule has 0 spiro atoms. The number of nitrogens with one attached hydrogen (secondary N) is 1. The van der Waals surface area contributed by atoms with Crippen LogP contribution in [-0.2, 0) is 4.79 Å². The number of amides is 1. The molecule has 0 unspecified atom stereocenters. The van der Waals surface area contributed by atoms with Crippen LogP contribution in [-0.4, -0.2) is 11.0 Å². The van der Waals surface area contributed by atoms with Gasteiger partial charge in [0.15, 0.2) is 0 Å². The number of aromatic hydroxyl groups is 1. The van der Waals surface area contributed by atoms with Gasteiger partial charge < -0.3 is 10.4 Å². The smallest absolute Gasteiger partial charge is 0.229 e. The summed E-state index contributed by atoms with van der Waals surface area (Å²) in [6.07, 6.45) is 0. The third-order valence-electron chi connectivity index (χ3n) is 2.17. The molecule has 0 heterocycles. The highest BCUT2D eigenvalue weighted by Gasteiger charge is 2.22. The van der Waals surface area contributed by atoms with Gasteiger partial charge in [0.1, 0.15) is 5.75 Å². The van der Waals surface area contributed by atoms with Crippen molar-refractivity contribution in [3.05, 3.63) is 23.8 Å². The zero-order chi connectivity index (χ0) is 11.6. The van der Waals surface area contributed by atoms with Gasteiger partial charge >= 0.3 is 0 Å². The number of para-hydroxylation sites is 1. The molecule has 1 rings (SSSR count). The molecule has 2 N–H and O–H groups in total. The van der Waals surface area contributed by atoms with Gasteiger partial charge in [-0.2, -0.15) is 0 Å². The largest absolute Gasteiger partial charge is 0.506 e. The van der Waals surface area contributed by atoms with Gasteiger partial charge in [-0.3, -0.25) is 4.79 Å². The lowest BCUT2D eigenvalue weighted by Gasteiger charge is -2.19. The standard InChI is InChI=1S/C12H17NO2/c1-8-6-5-7-9(14)10(8)13-11(15)12(2,3)4/h5-7,14H,1-4H3,(H,13,15). The number of carbonyl (C=O) groups excluding carboxylic acids is 1. The van der Waals surface area contributed by atoms with E-state index in [0.717, 1.165) is 5.56 Å². The third-order valence-corrected chi connectivity index (χ3v) is 2.17. The number of aryl methyl sites for hydroxylation is 1. The monoisotopic (exact) mass is 207 g/mol. The van der Waals surface area contributed by atoms with Crippen LogP contribution in [0.3, 0.4) is 0 Å². The maximum atomic E-state index is 11.7. The van der Waals surface area contributed by atoms with Crippen molar-refractivity contribution >= 4 is 11.6 Å². The maximum Gasteiger partial charge on any atom is 0.229 e. The molecular formula is C12H17NO2. The molecule has 0 aliphatic carbocycles. The second-order valence-electron chi connectivity index (χ2n) is 4.67. The Morgan fingerprint density at radius 3 is 2.40 bits per heavy atom. The summed E-state index contributed by atoms with van der Waals surface area (Å²) in [4.78, 5) is 11.7. The molecular weight excluding hydrogens is 190 g/mol. The fourth-order valence-corrected chi connectivity index (χ4v) is 1.12. The van der Waals surface area contributed by atoms with Crippen LogP contribution in [0.25, 0.3) is 0 Å². The quantitative estimate of drug-likeness (QED) is 0.695. The summed E-state index contributed by atoms with van der Waals surface area (Å²) in [6, 6.07) is 5.15. The van der Waals surface area contributed by atoms with Gasteiger partial charge in [-0.1, -0.05) is 32.9 Å². The van der Waals surface area contributed by atoms with Crippen molar-refractivity contribution in [1.29, 1.82) is 0 Å². The van der Waals surface area contributed by atoms with Crippen LogP contribution in [0.1, 0.15) is 26.3 Å². The van der Waals surface area contributed by atoms with E-state index < -0.39 is 5.41 Å². The summed E-state index contributed by atoms with van der Waals surface area (Å²) in [7, 11) is 0. The summed E-state index contributed by atoms with van der Waals surface area (Å²) < 4.78 is 0. The van der Waals surface area contributed by atoms with Crippen LogP contribution in [0, 0.1) is 12.3 Å². The maximum absolute atomic E-state index is 11.7. The van der Waals surface area contributed by atoms with Gasteiger partial charge in [0.2, 0.25) is 5.91 Å². The highest BCUT2D eigenvalue weighted by molar-refractivity contribution is 5.96. The average Bonchev–Trinajstić information content (AvgIpc) is 2.09. The number of benzene rings is 1. The molecule has 3 nitrogen and oxygen atoms in total. The Kier molecular flexibility index (Phi) is 3.03. The number of carbonyl (C=O) groups is 1. The Balaban J connectivity index is 2.95. The summed E-state index contributed by atoms with van der Waals surface area (Å²) in [6.45, 7) is 7.34.